The number of benzene rings is 2. The quantitative estimate of drug-likeness (QED) is 0.495. The van der Waals surface area contributed by atoms with E-state index in [1.165, 1.54) is 0 Å². The van der Waals surface area contributed by atoms with E-state index in [0.29, 0.717) is 42.2 Å². The molecular formula is C23H28ClN3O5S. The van der Waals surface area contributed by atoms with Crippen LogP contribution < -0.4 is 14.8 Å². The van der Waals surface area contributed by atoms with Crippen molar-refractivity contribution in [3.05, 3.63) is 59.0 Å². The van der Waals surface area contributed by atoms with Crippen molar-refractivity contribution < 1.29 is 23.1 Å². The third-order valence-corrected chi connectivity index (χ3v) is 7.01. The topological polar surface area (TPSA) is 108 Å². The average Bonchev–Trinajstić information content (AvgIpc) is 2.83. The number of sulfonamides is 1. The van der Waals surface area contributed by atoms with Gasteiger partial charge in [-0.05, 0) is 42.7 Å². The molecule has 0 unspecified atom stereocenters. The normalized spacial score (nSPS) is 14.7. The lowest BCUT2D eigenvalue weighted by Crippen LogP contribution is -2.47. The first kappa shape index (κ1) is 25.0. The minimum atomic E-state index is -3.49. The molecule has 0 radical (unpaired) electrons. The van der Waals surface area contributed by atoms with Crippen LogP contribution in [0.2, 0.25) is 5.02 Å². The third kappa shape index (κ3) is 6.48. The minimum Gasteiger partial charge on any atom is -0.497 e. The zero-order chi connectivity index (χ0) is 24.0. The Morgan fingerprint density at radius 3 is 2.52 bits per heavy atom. The zero-order valence-corrected chi connectivity index (χ0v) is 20.0. The maximum Gasteiger partial charge on any atom is 0.241 e. The number of piperidine rings is 1. The van der Waals surface area contributed by atoms with Crippen molar-refractivity contribution in [3.63, 3.8) is 0 Å². The molecule has 3 rings (SSSR count). The molecular weight excluding hydrogens is 466 g/mol. The molecule has 178 valence electrons. The molecule has 3 N–H and O–H groups in total. The number of carbonyl (C=O) groups excluding carboxylic acids is 1. The highest BCUT2D eigenvalue weighted by molar-refractivity contribution is 7.92. The molecule has 0 saturated carbocycles. The first-order valence-electron chi connectivity index (χ1n) is 10.5. The van der Waals surface area contributed by atoms with Gasteiger partial charge < -0.3 is 20.1 Å². The van der Waals surface area contributed by atoms with Gasteiger partial charge >= 0.3 is 0 Å². The zero-order valence-electron chi connectivity index (χ0n) is 18.4. The molecule has 8 nitrogen and oxygen atoms in total. The Balaban J connectivity index is 1.65. The second-order valence-corrected chi connectivity index (χ2v) is 9.78. The summed E-state index contributed by atoms with van der Waals surface area (Å²) in [6.07, 6.45) is 1.06. The van der Waals surface area contributed by atoms with Gasteiger partial charge in [-0.25, -0.2) is 13.1 Å². The number of methoxy groups -OCH3 is 1. The molecule has 0 bridgehead atoms. The van der Waals surface area contributed by atoms with Gasteiger partial charge in [0.05, 0.1) is 20.3 Å². The first-order chi connectivity index (χ1) is 15.8. The number of likely N-dealkylation sites (tertiary alicyclic amines) is 1. The summed E-state index contributed by atoms with van der Waals surface area (Å²) in [5, 5.41) is 14.3. The highest BCUT2D eigenvalue weighted by atomic mass is 35.5. The summed E-state index contributed by atoms with van der Waals surface area (Å²) in [5.74, 6) is 0.622. The summed E-state index contributed by atoms with van der Waals surface area (Å²) >= 11 is 6.44. The molecule has 0 aliphatic carbocycles. The second kappa shape index (κ2) is 11.0. The van der Waals surface area contributed by atoms with Crippen molar-refractivity contribution >= 4 is 33.2 Å². The number of hydrogen-bond donors (Lipinski definition) is 3. The van der Waals surface area contributed by atoms with Gasteiger partial charge in [-0.15, -0.1) is 0 Å². The summed E-state index contributed by atoms with van der Waals surface area (Å²) in [6, 6.07) is 10.7. The second-order valence-electron chi connectivity index (χ2n) is 7.71. The smallest absolute Gasteiger partial charge is 0.241 e. The van der Waals surface area contributed by atoms with Crippen LogP contribution in [-0.2, 0) is 21.4 Å². The molecule has 1 aliphatic heterocycles. The fraction of sp³-hybridized carbons (Fsp3) is 0.348. The Kier molecular flexibility index (Phi) is 8.36. The standard InChI is InChI=1S/C23H28ClN3O5S/c1-3-33(30,31)26-18-8-10-27(11-9-18)23(29)14-25-22-13-20(21(24)12-17(22)15-28)16-4-6-19(32-2)7-5-16/h3-7,12-13,18,25-26,28H,1,8-11,14-15H2,2H3. The van der Waals surface area contributed by atoms with Crippen molar-refractivity contribution in [2.24, 2.45) is 0 Å². The predicted octanol–water partition coefficient (Wildman–Crippen LogP) is 2.97. The molecule has 1 fully saturated rings. The lowest BCUT2D eigenvalue weighted by atomic mass is 10.0. The molecule has 1 aliphatic rings. The number of nitrogens with one attached hydrogen (secondary N) is 2. The summed E-state index contributed by atoms with van der Waals surface area (Å²) in [7, 11) is -1.89. The molecule has 10 heteroatoms. The fourth-order valence-electron chi connectivity index (χ4n) is 3.71. The Labute approximate surface area is 199 Å². The Hall–Kier alpha value is -2.59. The summed E-state index contributed by atoms with van der Waals surface area (Å²) in [4.78, 5) is 14.4. The van der Waals surface area contributed by atoms with Crippen LogP contribution >= 0.6 is 11.6 Å². The van der Waals surface area contributed by atoms with Crippen LogP contribution in [0.4, 0.5) is 5.69 Å². The van der Waals surface area contributed by atoms with Gasteiger partial charge in [-0.2, -0.15) is 0 Å². The highest BCUT2D eigenvalue weighted by Gasteiger charge is 2.25. The molecule has 1 heterocycles. The molecule has 33 heavy (non-hydrogen) atoms. The Bertz CT molecular complexity index is 1100. The van der Waals surface area contributed by atoms with Gasteiger partial charge in [0, 0.05) is 46.4 Å². The van der Waals surface area contributed by atoms with Crippen molar-refractivity contribution in [2.75, 3.05) is 32.1 Å². The largest absolute Gasteiger partial charge is 0.497 e. The van der Waals surface area contributed by atoms with E-state index in [-0.39, 0.29) is 25.1 Å². The number of anilines is 1. The van der Waals surface area contributed by atoms with Gasteiger partial charge in [0.2, 0.25) is 15.9 Å². The van der Waals surface area contributed by atoms with Crippen molar-refractivity contribution in [1.29, 1.82) is 0 Å². The van der Waals surface area contributed by atoms with Crippen molar-refractivity contribution in [1.82, 2.24) is 9.62 Å². The number of halogens is 1. The lowest BCUT2D eigenvalue weighted by molar-refractivity contribution is -0.130. The Morgan fingerprint density at radius 2 is 1.94 bits per heavy atom. The van der Waals surface area contributed by atoms with E-state index in [2.05, 4.69) is 16.6 Å². The fourth-order valence-corrected chi connectivity index (χ4v) is 4.80. The summed E-state index contributed by atoms with van der Waals surface area (Å²) in [6.45, 7) is 4.01. The third-order valence-electron chi connectivity index (χ3n) is 5.59. The van der Waals surface area contributed by atoms with E-state index in [9.17, 15) is 18.3 Å². The SMILES string of the molecule is C=CS(=O)(=O)NC1CCN(C(=O)CNc2cc(-c3ccc(OC)cc3)c(Cl)cc2CO)CC1. The molecule has 0 aromatic heterocycles. The van der Waals surface area contributed by atoms with Crippen molar-refractivity contribution in [2.45, 2.75) is 25.5 Å². The maximum absolute atomic E-state index is 12.7. The van der Waals surface area contributed by atoms with E-state index in [4.69, 9.17) is 16.3 Å². The number of rotatable bonds is 9. The van der Waals surface area contributed by atoms with Gasteiger partial charge in [0.15, 0.2) is 0 Å². The van der Waals surface area contributed by atoms with Crippen LogP contribution in [0, 0.1) is 0 Å². The Morgan fingerprint density at radius 1 is 1.27 bits per heavy atom. The van der Waals surface area contributed by atoms with Crippen LogP contribution in [0.1, 0.15) is 18.4 Å². The average molecular weight is 494 g/mol. The number of ether oxygens (including phenoxy) is 1. The molecule has 1 saturated heterocycles. The minimum absolute atomic E-state index is 0.0414. The number of hydrogen-bond acceptors (Lipinski definition) is 6. The van der Waals surface area contributed by atoms with Crippen LogP contribution in [-0.4, -0.2) is 57.1 Å². The van der Waals surface area contributed by atoms with Crippen LogP contribution in [0.3, 0.4) is 0 Å². The highest BCUT2D eigenvalue weighted by Crippen LogP contribution is 2.34. The van der Waals surface area contributed by atoms with Gasteiger partial charge in [-0.1, -0.05) is 30.3 Å². The van der Waals surface area contributed by atoms with E-state index in [1.807, 2.05) is 30.3 Å². The molecule has 0 atom stereocenters. The molecule has 2 aromatic rings. The van der Waals surface area contributed by atoms with E-state index >= 15 is 0 Å². The number of aliphatic hydroxyl groups excluding tert-OH is 1. The molecule has 2 aromatic carbocycles. The summed E-state index contributed by atoms with van der Waals surface area (Å²) < 4.78 is 31.0. The van der Waals surface area contributed by atoms with Crippen LogP contribution in [0.15, 0.2) is 48.4 Å². The van der Waals surface area contributed by atoms with Crippen molar-refractivity contribution in [3.8, 4) is 16.9 Å². The van der Waals surface area contributed by atoms with Gasteiger partial charge in [0.25, 0.3) is 0 Å². The number of carbonyl (C=O) groups is 1. The number of nitrogens with zero attached hydrogens (tertiary/aromatic N) is 1. The van der Waals surface area contributed by atoms with Crippen LogP contribution in [0.5, 0.6) is 5.75 Å². The monoisotopic (exact) mass is 493 g/mol. The van der Waals surface area contributed by atoms with Gasteiger partial charge in [-0.3, -0.25) is 4.79 Å². The molecule has 0 spiro atoms. The van der Waals surface area contributed by atoms with E-state index in [1.54, 1.807) is 18.1 Å². The van der Waals surface area contributed by atoms with E-state index < -0.39 is 10.0 Å². The number of aliphatic hydroxyl groups is 1. The van der Waals surface area contributed by atoms with Crippen LogP contribution in [0.25, 0.3) is 11.1 Å². The van der Waals surface area contributed by atoms with E-state index in [0.717, 1.165) is 22.3 Å². The predicted molar refractivity (Wildman–Crippen MR) is 130 cm³/mol. The lowest BCUT2D eigenvalue weighted by Gasteiger charge is -2.32. The van der Waals surface area contributed by atoms with Gasteiger partial charge in [0.1, 0.15) is 5.75 Å². The first-order valence-corrected chi connectivity index (χ1v) is 12.4. The summed E-state index contributed by atoms with van der Waals surface area (Å²) in [5.41, 5.74) is 2.85. The maximum atomic E-state index is 12.7. The molecule has 1 amide bonds. The number of amides is 1.